The van der Waals surface area contributed by atoms with Gasteiger partial charge in [0.05, 0.1) is 0 Å². The molecule has 122 valence electrons. The lowest BCUT2D eigenvalue weighted by atomic mass is 10.1. The molecule has 2 rings (SSSR count). The fourth-order valence-corrected chi connectivity index (χ4v) is 2.86. The van der Waals surface area contributed by atoms with E-state index in [1.807, 2.05) is 39.5 Å². The zero-order chi connectivity index (χ0) is 15.6. The van der Waals surface area contributed by atoms with E-state index in [0.29, 0.717) is 6.04 Å². The van der Waals surface area contributed by atoms with Crippen LogP contribution in [0.15, 0.2) is 0 Å². The van der Waals surface area contributed by atoms with Crippen molar-refractivity contribution in [2.45, 2.75) is 78.0 Å². The Labute approximate surface area is 129 Å². The van der Waals surface area contributed by atoms with Gasteiger partial charge in [-0.3, -0.25) is 0 Å². The minimum absolute atomic E-state index is 0.168. The molecule has 0 bridgehead atoms. The van der Waals surface area contributed by atoms with Gasteiger partial charge in [0, 0.05) is 25.2 Å². The van der Waals surface area contributed by atoms with Gasteiger partial charge in [-0.2, -0.15) is 0 Å². The molecule has 1 N–H and O–H groups in total. The van der Waals surface area contributed by atoms with E-state index in [9.17, 15) is 4.79 Å². The van der Waals surface area contributed by atoms with Crippen LogP contribution in [0.3, 0.4) is 0 Å². The van der Waals surface area contributed by atoms with Gasteiger partial charge in [-0.25, -0.2) is 4.79 Å². The molecule has 2 fully saturated rings. The summed E-state index contributed by atoms with van der Waals surface area (Å²) in [5.74, 6) is 1.79. The Kier molecular flexibility index (Phi) is 5.18. The number of hydrogen-bond donors (Lipinski definition) is 1. The van der Waals surface area contributed by atoms with Crippen LogP contribution in [0.25, 0.3) is 0 Å². The molecule has 0 spiro atoms. The summed E-state index contributed by atoms with van der Waals surface area (Å²) in [4.78, 5) is 14.1. The smallest absolute Gasteiger partial charge is 0.410 e. The average molecular weight is 296 g/mol. The van der Waals surface area contributed by atoms with Crippen molar-refractivity contribution >= 4 is 6.09 Å². The molecule has 0 atom stereocenters. The molecule has 0 saturated heterocycles. The lowest BCUT2D eigenvalue weighted by molar-refractivity contribution is 0.0191. The second kappa shape index (κ2) is 6.55. The molecule has 4 nitrogen and oxygen atoms in total. The molecule has 0 unspecified atom stereocenters. The van der Waals surface area contributed by atoms with Gasteiger partial charge in [-0.05, 0) is 72.1 Å². The second-order valence-corrected chi connectivity index (χ2v) is 7.92. The van der Waals surface area contributed by atoms with Crippen molar-refractivity contribution in [3.05, 3.63) is 0 Å². The molecule has 2 aliphatic carbocycles. The Morgan fingerprint density at radius 2 is 1.71 bits per heavy atom. The maximum atomic E-state index is 12.2. The molecule has 21 heavy (non-hydrogen) atoms. The molecule has 0 radical (unpaired) electrons. The number of nitrogens with zero attached hydrogens (tertiary/aromatic N) is 1. The Morgan fingerprint density at radius 3 is 2.10 bits per heavy atom. The second-order valence-electron chi connectivity index (χ2n) is 7.92. The van der Waals surface area contributed by atoms with E-state index in [2.05, 4.69) is 5.32 Å². The number of carbonyl (C=O) groups excluding carboxylic acids is 1. The quantitative estimate of drug-likeness (QED) is 0.783. The molecule has 0 heterocycles. The summed E-state index contributed by atoms with van der Waals surface area (Å²) < 4.78 is 5.50. The van der Waals surface area contributed by atoms with Crippen molar-refractivity contribution in [3.63, 3.8) is 0 Å². The predicted molar refractivity (Wildman–Crippen MR) is 85.3 cm³/mol. The van der Waals surface area contributed by atoms with E-state index >= 15 is 0 Å². The fraction of sp³-hybridized carbons (Fsp3) is 0.941. The highest BCUT2D eigenvalue weighted by Crippen LogP contribution is 2.44. The van der Waals surface area contributed by atoms with Gasteiger partial charge in [0.25, 0.3) is 0 Å². The van der Waals surface area contributed by atoms with Crippen LogP contribution in [0.2, 0.25) is 0 Å². The minimum atomic E-state index is -0.428. The van der Waals surface area contributed by atoms with Gasteiger partial charge < -0.3 is 15.0 Å². The number of hydrogen-bond acceptors (Lipinski definition) is 3. The van der Waals surface area contributed by atoms with Crippen molar-refractivity contribution in [1.29, 1.82) is 0 Å². The normalized spacial score (nSPS) is 19.2. The van der Waals surface area contributed by atoms with Crippen LogP contribution in [0, 0.1) is 11.8 Å². The molecule has 0 aliphatic heterocycles. The van der Waals surface area contributed by atoms with Crippen molar-refractivity contribution < 1.29 is 9.53 Å². The number of carbonyl (C=O) groups is 1. The van der Waals surface area contributed by atoms with Crippen LogP contribution < -0.4 is 5.32 Å². The third-order valence-corrected chi connectivity index (χ3v) is 4.24. The molecule has 0 aromatic carbocycles. The molecule has 1 amide bonds. The van der Waals surface area contributed by atoms with Gasteiger partial charge in [0.2, 0.25) is 0 Å². The largest absolute Gasteiger partial charge is 0.444 e. The maximum absolute atomic E-state index is 12.2. The van der Waals surface area contributed by atoms with E-state index in [4.69, 9.17) is 4.74 Å². The topological polar surface area (TPSA) is 41.6 Å². The van der Waals surface area contributed by atoms with Crippen molar-refractivity contribution in [2.75, 3.05) is 13.1 Å². The fourth-order valence-electron chi connectivity index (χ4n) is 2.86. The monoisotopic (exact) mass is 296 g/mol. The Hall–Kier alpha value is -0.770. The van der Waals surface area contributed by atoms with E-state index in [0.717, 1.165) is 24.9 Å². The molecular weight excluding hydrogens is 264 g/mol. The van der Waals surface area contributed by atoms with Crippen LogP contribution >= 0.6 is 0 Å². The summed E-state index contributed by atoms with van der Waals surface area (Å²) in [5, 5.41) is 3.70. The third-order valence-electron chi connectivity index (χ3n) is 4.24. The van der Waals surface area contributed by atoms with Crippen LogP contribution in [0.5, 0.6) is 0 Å². The summed E-state index contributed by atoms with van der Waals surface area (Å²) in [7, 11) is 0. The van der Waals surface area contributed by atoms with E-state index < -0.39 is 5.60 Å². The molecule has 0 aromatic rings. The Balaban J connectivity index is 1.78. The zero-order valence-electron chi connectivity index (χ0n) is 14.3. The number of rotatable bonds is 7. The van der Waals surface area contributed by atoms with Crippen LogP contribution in [0.1, 0.15) is 60.3 Å². The van der Waals surface area contributed by atoms with Gasteiger partial charge in [-0.1, -0.05) is 0 Å². The summed E-state index contributed by atoms with van der Waals surface area (Å²) in [5.41, 5.74) is -0.428. The SMILES string of the molecule is CC(C)N(CCNC(C1CC1)C1CC1)C(=O)OC(C)(C)C. The van der Waals surface area contributed by atoms with Gasteiger partial charge in [0.1, 0.15) is 5.60 Å². The first kappa shape index (κ1) is 16.6. The summed E-state index contributed by atoms with van der Waals surface area (Å²) in [6.45, 7) is 11.4. The Bertz CT molecular complexity index is 342. The third kappa shape index (κ3) is 5.50. The summed E-state index contributed by atoms with van der Waals surface area (Å²) in [6.07, 6.45) is 5.33. The van der Waals surface area contributed by atoms with Crippen molar-refractivity contribution in [2.24, 2.45) is 11.8 Å². The van der Waals surface area contributed by atoms with E-state index in [1.165, 1.54) is 25.7 Å². The maximum Gasteiger partial charge on any atom is 0.410 e. The first-order chi connectivity index (χ1) is 9.78. The average Bonchev–Trinajstić information content (AvgIpc) is 3.20. The molecule has 4 heteroatoms. The van der Waals surface area contributed by atoms with Crippen molar-refractivity contribution in [1.82, 2.24) is 10.2 Å². The van der Waals surface area contributed by atoms with Gasteiger partial charge in [-0.15, -0.1) is 0 Å². The van der Waals surface area contributed by atoms with Gasteiger partial charge >= 0.3 is 6.09 Å². The zero-order valence-corrected chi connectivity index (χ0v) is 14.3. The summed E-state index contributed by atoms with van der Waals surface area (Å²) >= 11 is 0. The lowest BCUT2D eigenvalue weighted by Crippen LogP contribution is -2.46. The molecule has 2 saturated carbocycles. The van der Waals surface area contributed by atoms with Crippen LogP contribution in [-0.2, 0) is 4.74 Å². The highest BCUT2D eigenvalue weighted by Gasteiger charge is 2.41. The predicted octanol–water partition coefficient (Wildman–Crippen LogP) is 3.41. The highest BCUT2D eigenvalue weighted by atomic mass is 16.6. The molecule has 0 aromatic heterocycles. The van der Waals surface area contributed by atoms with Crippen LogP contribution in [-0.4, -0.2) is 41.8 Å². The first-order valence-corrected chi connectivity index (χ1v) is 8.51. The first-order valence-electron chi connectivity index (χ1n) is 8.51. The minimum Gasteiger partial charge on any atom is -0.444 e. The van der Waals surface area contributed by atoms with Crippen molar-refractivity contribution in [3.8, 4) is 0 Å². The number of amides is 1. The standard InChI is InChI=1S/C17H32N2O2/c1-12(2)19(16(20)21-17(3,4)5)11-10-18-15(13-6-7-13)14-8-9-14/h12-15,18H,6-11H2,1-5H3. The van der Waals surface area contributed by atoms with Crippen LogP contribution in [0.4, 0.5) is 4.79 Å². The highest BCUT2D eigenvalue weighted by molar-refractivity contribution is 5.68. The lowest BCUT2D eigenvalue weighted by Gasteiger charge is -2.31. The van der Waals surface area contributed by atoms with Gasteiger partial charge in [0.15, 0.2) is 0 Å². The van der Waals surface area contributed by atoms with E-state index in [1.54, 1.807) is 0 Å². The number of nitrogens with one attached hydrogen (secondary N) is 1. The molecule has 2 aliphatic rings. The van der Waals surface area contributed by atoms with E-state index in [-0.39, 0.29) is 12.1 Å². The summed E-state index contributed by atoms with van der Waals surface area (Å²) in [6, 6.07) is 0.861. The molecular formula is C17H32N2O2. The Morgan fingerprint density at radius 1 is 1.19 bits per heavy atom. The number of ether oxygens (including phenoxy) is 1.